The van der Waals surface area contributed by atoms with Gasteiger partial charge in [-0.15, -0.1) is 0 Å². The third kappa shape index (κ3) is 2.42. The van der Waals surface area contributed by atoms with Crippen LogP contribution in [-0.4, -0.2) is 23.6 Å². The predicted octanol–water partition coefficient (Wildman–Crippen LogP) is 2.26. The highest BCUT2D eigenvalue weighted by Gasteiger charge is 2.22. The lowest BCUT2D eigenvalue weighted by molar-refractivity contribution is 0.174. The number of nitrogens with zero attached hydrogens (tertiary/aromatic N) is 1. The molecule has 1 aromatic heterocycles. The molecule has 2 aromatic carbocycles. The molecule has 0 radical (unpaired) electrons. The van der Waals surface area contributed by atoms with Crippen LogP contribution in [0.15, 0.2) is 48.7 Å². The quantitative estimate of drug-likeness (QED) is 0.638. The maximum atomic E-state index is 10.7. The molecule has 4 rings (SSSR count). The van der Waals surface area contributed by atoms with E-state index in [-0.39, 0.29) is 25.3 Å². The monoisotopic (exact) mass is 323 g/mol. The smallest absolute Gasteiger partial charge is 0.231 e. The Morgan fingerprint density at radius 3 is 2.92 bits per heavy atom. The molecular weight excluding hydrogens is 306 g/mol. The van der Waals surface area contributed by atoms with Crippen LogP contribution >= 0.6 is 0 Å². The molecule has 0 amide bonds. The molecule has 0 bridgehead atoms. The Labute approximate surface area is 138 Å². The van der Waals surface area contributed by atoms with Crippen LogP contribution < -0.4 is 20.5 Å². The van der Waals surface area contributed by atoms with Crippen molar-refractivity contribution in [3.05, 3.63) is 59.8 Å². The average Bonchev–Trinajstić information content (AvgIpc) is 3.08. The minimum absolute atomic E-state index is 0.150. The Balaban J connectivity index is 1.82. The van der Waals surface area contributed by atoms with Crippen molar-refractivity contribution in [2.75, 3.05) is 13.5 Å². The molecule has 1 aliphatic rings. The van der Waals surface area contributed by atoms with Crippen molar-refractivity contribution in [2.24, 2.45) is 5.73 Å². The van der Waals surface area contributed by atoms with E-state index >= 15 is 0 Å². The standard InChI is InChI=1S/C18H17N3O3/c19-9-21-16(12-4-6-14-15(8-12)24-10-23-14)13-5-3-11-2-1-7-20-17(11)18(13)22/h1-8,16,21-22H,9-10,19H2. The first-order valence-corrected chi connectivity index (χ1v) is 7.67. The summed E-state index contributed by atoms with van der Waals surface area (Å²) in [6.45, 7) is 0.484. The number of pyridine rings is 1. The highest BCUT2D eigenvalue weighted by molar-refractivity contribution is 5.85. The zero-order valence-corrected chi connectivity index (χ0v) is 12.9. The lowest BCUT2D eigenvalue weighted by atomic mass is 9.96. The summed E-state index contributed by atoms with van der Waals surface area (Å²) in [4.78, 5) is 4.28. The number of hydrogen-bond donors (Lipinski definition) is 3. The van der Waals surface area contributed by atoms with Crippen LogP contribution in [0, 0.1) is 0 Å². The number of benzene rings is 2. The summed E-state index contributed by atoms with van der Waals surface area (Å²) in [6, 6.07) is 13.0. The van der Waals surface area contributed by atoms with Crippen molar-refractivity contribution < 1.29 is 14.6 Å². The van der Waals surface area contributed by atoms with Gasteiger partial charge in [0.1, 0.15) is 11.3 Å². The predicted molar refractivity (Wildman–Crippen MR) is 90.0 cm³/mol. The van der Waals surface area contributed by atoms with Crippen molar-refractivity contribution in [1.29, 1.82) is 0 Å². The molecule has 0 fully saturated rings. The fourth-order valence-corrected chi connectivity index (χ4v) is 3.00. The molecule has 0 aliphatic carbocycles. The lowest BCUT2D eigenvalue weighted by Crippen LogP contribution is -2.28. The first-order valence-electron chi connectivity index (χ1n) is 7.67. The fraction of sp³-hybridized carbons (Fsp3) is 0.167. The second-order valence-electron chi connectivity index (χ2n) is 5.53. The second-order valence-corrected chi connectivity index (χ2v) is 5.53. The molecule has 0 saturated heterocycles. The van der Waals surface area contributed by atoms with Crippen molar-refractivity contribution in [3.63, 3.8) is 0 Å². The summed E-state index contributed by atoms with van der Waals surface area (Å²) in [5.74, 6) is 1.56. The Bertz CT molecular complexity index is 898. The van der Waals surface area contributed by atoms with E-state index in [2.05, 4.69) is 10.3 Å². The van der Waals surface area contributed by atoms with Crippen LogP contribution in [0.5, 0.6) is 17.2 Å². The number of hydrogen-bond acceptors (Lipinski definition) is 6. The average molecular weight is 323 g/mol. The SMILES string of the molecule is NCNC(c1ccc2c(c1)OCO2)c1ccc2cccnc2c1O. The number of fused-ring (bicyclic) bond motifs is 2. The lowest BCUT2D eigenvalue weighted by Gasteiger charge is -2.21. The largest absolute Gasteiger partial charge is 0.505 e. The van der Waals surface area contributed by atoms with E-state index in [9.17, 15) is 5.11 Å². The fourth-order valence-electron chi connectivity index (χ4n) is 3.00. The molecule has 1 atom stereocenters. The number of rotatable bonds is 4. The van der Waals surface area contributed by atoms with Gasteiger partial charge in [0.25, 0.3) is 0 Å². The zero-order chi connectivity index (χ0) is 16.5. The molecule has 2 heterocycles. The Hall–Kier alpha value is -2.83. The second kappa shape index (κ2) is 5.99. The van der Waals surface area contributed by atoms with Gasteiger partial charge in [0, 0.05) is 23.8 Å². The van der Waals surface area contributed by atoms with Gasteiger partial charge in [-0.2, -0.15) is 0 Å². The van der Waals surface area contributed by atoms with Crippen LogP contribution in [0.1, 0.15) is 17.2 Å². The molecule has 0 spiro atoms. The van der Waals surface area contributed by atoms with Gasteiger partial charge in [-0.05, 0) is 23.8 Å². The molecule has 0 saturated carbocycles. The topological polar surface area (TPSA) is 89.6 Å². The van der Waals surface area contributed by atoms with Gasteiger partial charge in [0.2, 0.25) is 6.79 Å². The third-order valence-corrected chi connectivity index (χ3v) is 4.14. The first kappa shape index (κ1) is 14.7. The maximum Gasteiger partial charge on any atom is 0.231 e. The molecule has 1 aliphatic heterocycles. The van der Waals surface area contributed by atoms with Crippen LogP contribution in [0.25, 0.3) is 10.9 Å². The van der Waals surface area contributed by atoms with Crippen LogP contribution in [0.4, 0.5) is 0 Å². The van der Waals surface area contributed by atoms with Gasteiger partial charge >= 0.3 is 0 Å². The number of phenols is 1. The van der Waals surface area contributed by atoms with E-state index in [4.69, 9.17) is 15.2 Å². The third-order valence-electron chi connectivity index (χ3n) is 4.14. The number of aromatic hydroxyl groups is 1. The van der Waals surface area contributed by atoms with Crippen molar-refractivity contribution in [3.8, 4) is 17.2 Å². The van der Waals surface area contributed by atoms with Gasteiger partial charge in [0.05, 0.1) is 6.04 Å². The molecule has 3 aromatic rings. The maximum absolute atomic E-state index is 10.7. The Morgan fingerprint density at radius 2 is 2.04 bits per heavy atom. The Morgan fingerprint density at radius 1 is 1.17 bits per heavy atom. The summed E-state index contributed by atoms with van der Waals surface area (Å²) >= 11 is 0. The van der Waals surface area contributed by atoms with E-state index < -0.39 is 0 Å². The molecule has 24 heavy (non-hydrogen) atoms. The van der Waals surface area contributed by atoms with Gasteiger partial charge in [0.15, 0.2) is 11.5 Å². The summed E-state index contributed by atoms with van der Waals surface area (Å²) in [5.41, 5.74) is 7.92. The summed E-state index contributed by atoms with van der Waals surface area (Å²) < 4.78 is 10.8. The van der Waals surface area contributed by atoms with Gasteiger partial charge < -0.3 is 20.3 Å². The molecule has 4 N–H and O–H groups in total. The zero-order valence-electron chi connectivity index (χ0n) is 12.9. The van der Waals surface area contributed by atoms with Crippen molar-refractivity contribution >= 4 is 10.9 Å². The molecule has 122 valence electrons. The number of nitrogens with one attached hydrogen (secondary N) is 1. The first-order chi connectivity index (χ1) is 11.8. The molecular formula is C18H17N3O3. The highest BCUT2D eigenvalue weighted by atomic mass is 16.7. The molecule has 6 heteroatoms. The Kier molecular flexibility index (Phi) is 3.68. The van der Waals surface area contributed by atoms with E-state index in [0.29, 0.717) is 16.8 Å². The minimum Gasteiger partial charge on any atom is -0.505 e. The minimum atomic E-state index is -0.282. The summed E-state index contributed by atoms with van der Waals surface area (Å²) in [6.07, 6.45) is 1.66. The van der Waals surface area contributed by atoms with Crippen LogP contribution in [-0.2, 0) is 0 Å². The van der Waals surface area contributed by atoms with E-state index in [1.807, 2.05) is 42.5 Å². The normalized spacial score (nSPS) is 14.0. The van der Waals surface area contributed by atoms with Gasteiger partial charge in [-0.25, -0.2) is 0 Å². The van der Waals surface area contributed by atoms with Crippen molar-refractivity contribution in [2.45, 2.75) is 6.04 Å². The van der Waals surface area contributed by atoms with E-state index in [1.54, 1.807) is 6.20 Å². The summed E-state index contributed by atoms with van der Waals surface area (Å²) in [5, 5.41) is 14.8. The van der Waals surface area contributed by atoms with Gasteiger partial charge in [-0.1, -0.05) is 24.3 Å². The van der Waals surface area contributed by atoms with E-state index in [1.165, 1.54) is 0 Å². The van der Waals surface area contributed by atoms with Gasteiger partial charge in [-0.3, -0.25) is 10.3 Å². The number of aromatic nitrogens is 1. The van der Waals surface area contributed by atoms with E-state index in [0.717, 1.165) is 16.7 Å². The molecule has 6 nitrogen and oxygen atoms in total. The molecule has 1 unspecified atom stereocenters. The van der Waals surface area contributed by atoms with Crippen LogP contribution in [0.2, 0.25) is 0 Å². The van der Waals surface area contributed by atoms with Crippen molar-refractivity contribution in [1.82, 2.24) is 10.3 Å². The summed E-state index contributed by atoms with van der Waals surface area (Å²) in [7, 11) is 0. The number of phenolic OH excluding ortho intramolecular Hbond substituents is 1. The highest BCUT2D eigenvalue weighted by Crippen LogP contribution is 2.38. The number of nitrogens with two attached hydrogens (primary N) is 1. The number of ether oxygens (including phenoxy) is 2. The van der Waals surface area contributed by atoms with Crippen LogP contribution in [0.3, 0.4) is 0 Å².